The highest BCUT2D eigenvalue weighted by molar-refractivity contribution is 8.13. The van der Waals surface area contributed by atoms with Gasteiger partial charge in [-0.1, -0.05) is 32.2 Å². The third kappa shape index (κ3) is 10.2. The molecule has 5 atom stereocenters. The minimum Gasteiger partial charge on any atom is -0.378 e. The molecule has 0 spiro atoms. The van der Waals surface area contributed by atoms with E-state index in [1.165, 1.54) is 18.7 Å². The zero-order valence-corrected chi connectivity index (χ0v) is 26.8. The molecule has 2 unspecified atom stereocenters. The lowest BCUT2D eigenvalue weighted by Gasteiger charge is -2.38. The SMILES string of the molecule is C=C1N=C(NC(C)=O)C=CN1[C@@H]1O[C@H](CC)C(OP(OCCOCCSC(=O)CC)N(C(C)C)C(C)C)[C@@H]1OC. The second-order valence-corrected chi connectivity index (χ2v) is 12.4. The molecular formula is C27H47N4O7PS. The fourth-order valence-electron chi connectivity index (χ4n) is 4.41. The summed E-state index contributed by atoms with van der Waals surface area (Å²) in [6.07, 6.45) is 3.06. The number of methoxy groups -OCH3 is 1. The van der Waals surface area contributed by atoms with Gasteiger partial charge in [-0.15, -0.1) is 0 Å². The molecule has 0 aliphatic carbocycles. The monoisotopic (exact) mass is 602 g/mol. The molecule has 1 saturated heterocycles. The van der Waals surface area contributed by atoms with Crippen molar-refractivity contribution in [2.75, 3.05) is 32.7 Å². The summed E-state index contributed by atoms with van der Waals surface area (Å²) in [5.41, 5.74) is 0. The number of carbonyl (C=O) groups is 2. The second-order valence-electron chi connectivity index (χ2n) is 9.89. The molecule has 0 aromatic heterocycles. The molecule has 11 nitrogen and oxygen atoms in total. The summed E-state index contributed by atoms with van der Waals surface area (Å²) in [6, 6.07) is 0.350. The minimum absolute atomic E-state index is 0.167. The lowest BCUT2D eigenvalue weighted by molar-refractivity contribution is -0.117. The molecule has 1 fully saturated rings. The Morgan fingerprint density at radius 3 is 2.45 bits per heavy atom. The van der Waals surface area contributed by atoms with Gasteiger partial charge in [0, 0.05) is 44.5 Å². The van der Waals surface area contributed by atoms with Crippen LogP contribution in [0, 0.1) is 0 Å². The van der Waals surface area contributed by atoms with E-state index in [9.17, 15) is 9.59 Å². The van der Waals surface area contributed by atoms with Gasteiger partial charge in [-0.3, -0.25) is 9.59 Å². The van der Waals surface area contributed by atoms with Crippen LogP contribution in [0.3, 0.4) is 0 Å². The predicted octanol–water partition coefficient (Wildman–Crippen LogP) is 4.41. The maximum Gasteiger partial charge on any atom is 0.259 e. The van der Waals surface area contributed by atoms with Crippen molar-refractivity contribution in [3.8, 4) is 0 Å². The van der Waals surface area contributed by atoms with Gasteiger partial charge in [0.2, 0.25) is 5.91 Å². The third-order valence-electron chi connectivity index (χ3n) is 6.15. The van der Waals surface area contributed by atoms with Gasteiger partial charge in [-0.05, 0) is 40.2 Å². The number of ether oxygens (including phenoxy) is 3. The molecule has 0 saturated carbocycles. The maximum atomic E-state index is 11.5. The Labute approximate surface area is 245 Å². The number of carbonyl (C=O) groups excluding carboxylic acids is 2. The quantitative estimate of drug-likeness (QED) is 0.202. The first-order chi connectivity index (χ1) is 19.0. The van der Waals surface area contributed by atoms with E-state index in [1.54, 1.807) is 24.3 Å². The topological polar surface area (TPSA) is 111 Å². The second kappa shape index (κ2) is 17.6. The van der Waals surface area contributed by atoms with Gasteiger partial charge in [0.25, 0.3) is 8.53 Å². The average Bonchev–Trinajstić information content (AvgIpc) is 3.23. The number of nitrogens with zero attached hydrogens (tertiary/aromatic N) is 3. The Kier molecular flexibility index (Phi) is 15.3. The first-order valence-electron chi connectivity index (χ1n) is 13.8. The Balaban J connectivity index is 2.13. The largest absolute Gasteiger partial charge is 0.378 e. The van der Waals surface area contributed by atoms with Crippen molar-refractivity contribution in [3.05, 3.63) is 24.7 Å². The lowest BCUT2D eigenvalue weighted by atomic mass is 10.1. The van der Waals surface area contributed by atoms with E-state index < -0.39 is 27.0 Å². The molecule has 2 aliphatic rings. The van der Waals surface area contributed by atoms with Crippen molar-refractivity contribution in [1.29, 1.82) is 0 Å². The molecule has 0 bridgehead atoms. The van der Waals surface area contributed by atoms with Crippen LogP contribution in [-0.4, -0.2) is 95.7 Å². The van der Waals surface area contributed by atoms with Crippen LogP contribution in [0.15, 0.2) is 29.7 Å². The van der Waals surface area contributed by atoms with E-state index in [4.69, 9.17) is 23.3 Å². The Hall–Kier alpha value is -1.37. The summed E-state index contributed by atoms with van der Waals surface area (Å²) < 4.78 is 33.4. The van der Waals surface area contributed by atoms with Crippen LogP contribution < -0.4 is 5.32 Å². The lowest BCUT2D eigenvalue weighted by Crippen LogP contribution is -2.45. The van der Waals surface area contributed by atoms with Gasteiger partial charge >= 0.3 is 0 Å². The summed E-state index contributed by atoms with van der Waals surface area (Å²) in [7, 11) is 0.157. The fourth-order valence-corrected chi connectivity index (χ4v) is 6.80. The van der Waals surface area contributed by atoms with E-state index in [2.05, 4.69) is 49.3 Å². The molecule has 1 amide bonds. The van der Waals surface area contributed by atoms with Crippen LogP contribution in [0.25, 0.3) is 0 Å². The zero-order chi connectivity index (χ0) is 29.8. The summed E-state index contributed by atoms with van der Waals surface area (Å²) >= 11 is 1.29. The van der Waals surface area contributed by atoms with Crippen molar-refractivity contribution >= 4 is 37.1 Å². The zero-order valence-electron chi connectivity index (χ0n) is 25.1. The first-order valence-corrected chi connectivity index (χ1v) is 16.0. The number of amides is 1. The van der Waals surface area contributed by atoms with E-state index in [1.807, 2.05) is 13.8 Å². The standard InChI is InChI=1S/C27H47N4O7PS/c1-10-22-25(26(34-9)27(37-22)30-13-12-23(28-20(30)7)29-21(8)32)38-39(31(18(3)4)19(5)6)36-15-14-35-16-17-40-24(33)11-2/h12-13,18-19,22,25-27H,7,10-11,14-17H2,1-6,8-9H3,(H,28,29,32)/t22-,25?,26+,27-,39?/m1/s1. The molecule has 2 heterocycles. The first kappa shape index (κ1) is 34.8. The smallest absolute Gasteiger partial charge is 0.259 e. The number of rotatable bonds is 16. The summed E-state index contributed by atoms with van der Waals surface area (Å²) in [4.78, 5) is 29.1. The summed E-state index contributed by atoms with van der Waals surface area (Å²) in [5, 5.41) is 2.84. The van der Waals surface area contributed by atoms with E-state index in [0.29, 0.717) is 50.1 Å². The molecule has 0 aromatic carbocycles. The van der Waals surface area contributed by atoms with Crippen LogP contribution in [-0.2, 0) is 32.8 Å². The highest BCUT2D eigenvalue weighted by Crippen LogP contribution is 2.50. The van der Waals surface area contributed by atoms with E-state index in [0.717, 1.165) is 0 Å². The number of amidine groups is 1. The molecule has 228 valence electrons. The summed E-state index contributed by atoms with van der Waals surface area (Å²) in [6.45, 7) is 19.1. The van der Waals surface area contributed by atoms with E-state index in [-0.39, 0.29) is 29.2 Å². The normalized spacial score (nSPS) is 23.8. The highest BCUT2D eigenvalue weighted by atomic mass is 32.2. The Morgan fingerprint density at radius 2 is 1.90 bits per heavy atom. The number of hydrogen-bond donors (Lipinski definition) is 1. The molecular weight excluding hydrogens is 555 g/mol. The van der Waals surface area contributed by atoms with Gasteiger partial charge in [-0.2, -0.15) is 0 Å². The number of thioether (sulfide) groups is 1. The van der Waals surface area contributed by atoms with Crippen LogP contribution in [0.5, 0.6) is 0 Å². The molecule has 0 aromatic rings. The van der Waals surface area contributed by atoms with Crippen LogP contribution in [0.1, 0.15) is 61.3 Å². The summed E-state index contributed by atoms with van der Waals surface area (Å²) in [5.74, 6) is 1.26. The van der Waals surface area contributed by atoms with Crippen molar-refractivity contribution in [2.24, 2.45) is 4.99 Å². The van der Waals surface area contributed by atoms with Crippen LogP contribution in [0.2, 0.25) is 0 Å². The molecule has 2 rings (SSSR count). The fraction of sp³-hybridized carbons (Fsp3) is 0.741. The van der Waals surface area contributed by atoms with Crippen molar-refractivity contribution in [1.82, 2.24) is 14.9 Å². The van der Waals surface area contributed by atoms with Crippen LogP contribution >= 0.6 is 20.3 Å². The minimum atomic E-state index is -1.48. The average molecular weight is 603 g/mol. The predicted molar refractivity (Wildman–Crippen MR) is 160 cm³/mol. The number of hydrogen-bond acceptors (Lipinski definition) is 11. The molecule has 0 radical (unpaired) electrons. The van der Waals surface area contributed by atoms with Gasteiger partial charge in [0.1, 0.15) is 23.9 Å². The van der Waals surface area contributed by atoms with E-state index >= 15 is 0 Å². The Bertz CT molecular complexity index is 896. The maximum absolute atomic E-state index is 11.5. The molecule has 2 aliphatic heterocycles. The van der Waals surface area contributed by atoms with Crippen molar-refractivity contribution in [2.45, 2.75) is 97.9 Å². The Morgan fingerprint density at radius 1 is 1.20 bits per heavy atom. The van der Waals surface area contributed by atoms with Gasteiger partial charge in [0.15, 0.2) is 11.3 Å². The number of aliphatic imine (C=N–C) groups is 1. The van der Waals surface area contributed by atoms with Crippen molar-refractivity contribution < 1.29 is 32.8 Å². The molecule has 1 N–H and O–H groups in total. The molecule has 13 heteroatoms. The van der Waals surface area contributed by atoms with Gasteiger partial charge < -0.3 is 33.5 Å². The number of nitrogens with one attached hydrogen (secondary N) is 1. The third-order valence-corrected chi connectivity index (χ3v) is 9.26. The van der Waals surface area contributed by atoms with Gasteiger partial charge in [0.05, 0.1) is 25.9 Å². The van der Waals surface area contributed by atoms with Crippen LogP contribution in [0.4, 0.5) is 0 Å². The highest BCUT2D eigenvalue weighted by Gasteiger charge is 2.50. The molecule has 40 heavy (non-hydrogen) atoms. The van der Waals surface area contributed by atoms with Crippen molar-refractivity contribution in [3.63, 3.8) is 0 Å². The van der Waals surface area contributed by atoms with Gasteiger partial charge in [-0.25, -0.2) is 9.66 Å².